The van der Waals surface area contributed by atoms with Crippen molar-refractivity contribution in [2.24, 2.45) is 0 Å². The molecule has 0 unspecified atom stereocenters. The first-order chi connectivity index (χ1) is 18.3. The van der Waals surface area contributed by atoms with Crippen molar-refractivity contribution in [3.8, 4) is 0 Å². The summed E-state index contributed by atoms with van der Waals surface area (Å²) in [5.74, 6) is -0.647. The van der Waals surface area contributed by atoms with Crippen LogP contribution in [-0.2, 0) is 10.0 Å². The van der Waals surface area contributed by atoms with Crippen LogP contribution in [0.3, 0.4) is 0 Å². The highest BCUT2D eigenvalue weighted by Crippen LogP contribution is 2.30. The van der Waals surface area contributed by atoms with Crippen LogP contribution < -0.4 is 14.9 Å². The summed E-state index contributed by atoms with van der Waals surface area (Å²) in [6, 6.07) is 18.1. The van der Waals surface area contributed by atoms with Gasteiger partial charge >= 0.3 is 0 Å². The molecular weight excluding hydrogens is 561 g/mol. The van der Waals surface area contributed by atoms with Gasteiger partial charge in [-0.3, -0.25) is 14.4 Å². The fraction of sp³-hybridized carbons (Fsp3) is 0.259. The largest absolute Gasteiger partial charge is 0.351 e. The lowest BCUT2D eigenvalue weighted by molar-refractivity contribution is 0.0948. The van der Waals surface area contributed by atoms with Crippen molar-refractivity contribution in [2.75, 3.05) is 48.9 Å². The second-order valence-electron chi connectivity index (χ2n) is 9.13. The normalized spacial score (nSPS) is 14.2. The number of carbonyl (C=O) groups is 1. The maximum absolute atomic E-state index is 14.0. The van der Waals surface area contributed by atoms with Gasteiger partial charge in [-0.15, -0.1) is 12.4 Å². The third kappa shape index (κ3) is 6.67. The SMILES string of the molecule is Cc1ccc(S(=O)(=O)Nc2ccccc2C(=O)NCCN2CCN(c3nc4c(F)cccc4s3)CC2)cc1.Cl. The number of aryl methyl sites for hydroxylation is 1. The van der Waals surface area contributed by atoms with E-state index >= 15 is 0 Å². The van der Waals surface area contributed by atoms with E-state index in [4.69, 9.17) is 0 Å². The summed E-state index contributed by atoms with van der Waals surface area (Å²) in [5.41, 5.74) is 1.86. The van der Waals surface area contributed by atoms with E-state index in [1.54, 1.807) is 42.5 Å². The average molecular weight is 590 g/mol. The molecule has 4 aromatic rings. The van der Waals surface area contributed by atoms with Crippen LogP contribution >= 0.6 is 23.7 Å². The Balaban J connectivity index is 0.00000353. The molecular formula is C27H29ClFN5O3S2. The predicted molar refractivity (Wildman–Crippen MR) is 156 cm³/mol. The number of para-hydroxylation sites is 2. The Hall–Kier alpha value is -3.25. The van der Waals surface area contributed by atoms with Crippen LogP contribution in [0.15, 0.2) is 71.6 Å². The molecule has 1 amide bonds. The highest BCUT2D eigenvalue weighted by atomic mass is 35.5. The molecule has 1 aliphatic heterocycles. The minimum absolute atomic E-state index is 0. The van der Waals surface area contributed by atoms with Gasteiger partial charge in [-0.25, -0.2) is 17.8 Å². The number of hydrogen-bond donors (Lipinski definition) is 2. The van der Waals surface area contributed by atoms with Gasteiger partial charge in [-0.2, -0.15) is 0 Å². The Labute approximate surface area is 237 Å². The van der Waals surface area contributed by atoms with Crippen molar-refractivity contribution in [1.29, 1.82) is 0 Å². The van der Waals surface area contributed by atoms with Crippen LogP contribution in [0.5, 0.6) is 0 Å². The van der Waals surface area contributed by atoms with E-state index in [0.717, 1.165) is 41.6 Å². The molecule has 0 atom stereocenters. The van der Waals surface area contributed by atoms with Crippen LogP contribution in [0.2, 0.25) is 0 Å². The summed E-state index contributed by atoms with van der Waals surface area (Å²) in [4.78, 5) is 21.9. The van der Waals surface area contributed by atoms with E-state index in [2.05, 4.69) is 24.8 Å². The molecule has 1 aromatic heterocycles. The van der Waals surface area contributed by atoms with Gasteiger partial charge in [0.1, 0.15) is 11.3 Å². The maximum atomic E-state index is 14.0. The van der Waals surface area contributed by atoms with Crippen LogP contribution in [0.25, 0.3) is 10.2 Å². The van der Waals surface area contributed by atoms with E-state index in [-0.39, 0.29) is 40.3 Å². The second-order valence-corrected chi connectivity index (χ2v) is 11.8. The van der Waals surface area contributed by atoms with Crippen LogP contribution in [-0.4, -0.2) is 63.5 Å². The quantitative estimate of drug-likeness (QED) is 0.314. The van der Waals surface area contributed by atoms with Gasteiger partial charge in [-0.1, -0.05) is 47.2 Å². The molecule has 2 heterocycles. The lowest BCUT2D eigenvalue weighted by Crippen LogP contribution is -2.48. The Kier molecular flexibility index (Phi) is 9.06. The molecule has 12 heteroatoms. The number of fused-ring (bicyclic) bond motifs is 1. The molecule has 0 bridgehead atoms. The predicted octanol–water partition coefficient (Wildman–Crippen LogP) is 4.52. The Bertz CT molecular complexity index is 1560. The third-order valence-electron chi connectivity index (χ3n) is 6.46. The molecule has 1 saturated heterocycles. The number of halogens is 2. The number of piperazine rings is 1. The number of sulfonamides is 1. The number of benzene rings is 3. The molecule has 0 spiro atoms. The summed E-state index contributed by atoms with van der Waals surface area (Å²) in [6.07, 6.45) is 0. The fourth-order valence-electron chi connectivity index (χ4n) is 4.32. The summed E-state index contributed by atoms with van der Waals surface area (Å²) < 4.78 is 43.0. The lowest BCUT2D eigenvalue weighted by Gasteiger charge is -2.34. The summed E-state index contributed by atoms with van der Waals surface area (Å²) >= 11 is 1.49. The van der Waals surface area contributed by atoms with E-state index in [1.807, 2.05) is 13.0 Å². The minimum atomic E-state index is -3.83. The third-order valence-corrected chi connectivity index (χ3v) is 8.92. The Morgan fingerprint density at radius 2 is 1.72 bits per heavy atom. The van der Waals surface area contributed by atoms with Gasteiger partial charge in [0.25, 0.3) is 15.9 Å². The number of nitrogens with zero attached hydrogens (tertiary/aromatic N) is 3. The van der Waals surface area contributed by atoms with Gasteiger partial charge in [0.05, 0.1) is 20.8 Å². The van der Waals surface area contributed by atoms with Crippen molar-refractivity contribution in [3.05, 3.63) is 83.7 Å². The zero-order valence-electron chi connectivity index (χ0n) is 21.3. The standard InChI is InChI=1S/C27H28FN5O3S2.ClH/c1-19-9-11-20(12-10-19)38(35,36)31-23-7-3-2-5-21(23)26(34)29-13-14-32-15-17-33(18-16-32)27-30-25-22(28)6-4-8-24(25)37-27;/h2-12,31H,13-18H2,1H3,(H,29,34);1H. The number of carbonyl (C=O) groups excluding carboxylic acids is 1. The van der Waals surface area contributed by atoms with Gasteiger partial charge in [0.2, 0.25) is 0 Å². The van der Waals surface area contributed by atoms with Gasteiger partial charge in [0, 0.05) is 39.3 Å². The van der Waals surface area contributed by atoms with Crippen molar-refractivity contribution >= 4 is 60.7 Å². The van der Waals surface area contributed by atoms with Gasteiger partial charge < -0.3 is 10.2 Å². The van der Waals surface area contributed by atoms with Crippen molar-refractivity contribution in [1.82, 2.24) is 15.2 Å². The summed E-state index contributed by atoms with van der Waals surface area (Å²) in [7, 11) is -3.83. The first-order valence-electron chi connectivity index (χ1n) is 12.3. The first-order valence-corrected chi connectivity index (χ1v) is 14.6. The second kappa shape index (κ2) is 12.3. The monoisotopic (exact) mass is 589 g/mol. The van der Waals surface area contributed by atoms with Crippen LogP contribution in [0.1, 0.15) is 15.9 Å². The van der Waals surface area contributed by atoms with Gasteiger partial charge in [-0.05, 0) is 43.3 Å². The van der Waals surface area contributed by atoms with E-state index in [0.29, 0.717) is 18.6 Å². The van der Waals surface area contributed by atoms with Crippen molar-refractivity contribution in [2.45, 2.75) is 11.8 Å². The molecule has 206 valence electrons. The number of amides is 1. The van der Waals surface area contributed by atoms with Crippen molar-refractivity contribution in [3.63, 3.8) is 0 Å². The molecule has 1 fully saturated rings. The number of hydrogen-bond acceptors (Lipinski definition) is 7. The zero-order chi connectivity index (χ0) is 26.7. The molecule has 0 aliphatic carbocycles. The molecule has 2 N–H and O–H groups in total. The van der Waals surface area contributed by atoms with Gasteiger partial charge in [0.15, 0.2) is 5.13 Å². The van der Waals surface area contributed by atoms with Crippen molar-refractivity contribution < 1.29 is 17.6 Å². The smallest absolute Gasteiger partial charge is 0.261 e. The summed E-state index contributed by atoms with van der Waals surface area (Å²) in [6.45, 7) is 6.07. The first kappa shape index (κ1) is 28.8. The zero-order valence-corrected chi connectivity index (χ0v) is 23.7. The topological polar surface area (TPSA) is 94.6 Å². The molecule has 39 heavy (non-hydrogen) atoms. The lowest BCUT2D eigenvalue weighted by atomic mass is 10.1. The highest BCUT2D eigenvalue weighted by Gasteiger charge is 2.22. The van der Waals surface area contributed by atoms with Crippen LogP contribution in [0, 0.1) is 12.7 Å². The number of thiazole rings is 1. The molecule has 0 saturated carbocycles. The molecule has 0 radical (unpaired) electrons. The number of rotatable bonds is 8. The Morgan fingerprint density at radius 3 is 2.44 bits per heavy atom. The molecule has 3 aromatic carbocycles. The molecule has 8 nitrogen and oxygen atoms in total. The number of nitrogens with one attached hydrogen (secondary N) is 2. The molecule has 1 aliphatic rings. The van der Waals surface area contributed by atoms with E-state index < -0.39 is 10.0 Å². The maximum Gasteiger partial charge on any atom is 0.261 e. The molecule has 5 rings (SSSR count). The van der Waals surface area contributed by atoms with E-state index in [1.165, 1.54) is 29.5 Å². The van der Waals surface area contributed by atoms with E-state index in [9.17, 15) is 17.6 Å². The average Bonchev–Trinajstić information content (AvgIpc) is 3.35. The minimum Gasteiger partial charge on any atom is -0.351 e. The Morgan fingerprint density at radius 1 is 1.00 bits per heavy atom. The number of anilines is 2. The summed E-state index contributed by atoms with van der Waals surface area (Å²) in [5, 5.41) is 3.73. The number of aromatic nitrogens is 1. The van der Waals surface area contributed by atoms with Crippen LogP contribution in [0.4, 0.5) is 15.2 Å². The fourth-order valence-corrected chi connectivity index (χ4v) is 6.43. The highest BCUT2D eigenvalue weighted by molar-refractivity contribution is 7.92.